The maximum atomic E-state index is 12.9. The van der Waals surface area contributed by atoms with Gasteiger partial charge >= 0.3 is 11.9 Å². The molecule has 1 aromatic heterocycles. The molecule has 0 aliphatic carbocycles. The molecule has 0 atom stereocenters. The van der Waals surface area contributed by atoms with Crippen LogP contribution in [0.25, 0.3) is 0 Å². The second kappa shape index (κ2) is 10.2. The number of halogens is 3. The van der Waals surface area contributed by atoms with E-state index in [0.717, 1.165) is 38.6 Å². The molecule has 0 spiro atoms. The van der Waals surface area contributed by atoms with Gasteiger partial charge in [-0.1, -0.05) is 30.0 Å². The minimum absolute atomic E-state index is 0.0384. The second-order valence-electron chi connectivity index (χ2n) is 7.58. The summed E-state index contributed by atoms with van der Waals surface area (Å²) >= 11 is 0.791. The topological polar surface area (TPSA) is 106 Å². The lowest BCUT2D eigenvalue weighted by atomic mass is 10.2. The molecule has 1 heterocycles. The van der Waals surface area contributed by atoms with Crippen LogP contribution in [0.15, 0.2) is 63.1 Å². The number of thioether (sulfide) groups is 1. The first-order valence-electron chi connectivity index (χ1n) is 10.1. The van der Waals surface area contributed by atoms with Crippen LogP contribution < -0.4 is 16.6 Å². The first-order valence-corrected chi connectivity index (χ1v) is 11.1. The number of aryl methyl sites for hydroxylation is 1. The molecule has 0 unspecified atom stereocenters. The zero-order valence-corrected chi connectivity index (χ0v) is 19.7. The molecule has 2 aromatic carbocycles. The number of carbonyl (C=O) groups excluding carboxylic acids is 1. The molecule has 0 aliphatic rings. The van der Waals surface area contributed by atoms with Gasteiger partial charge in [0.2, 0.25) is 11.8 Å². The van der Waals surface area contributed by atoms with Crippen LogP contribution in [0.4, 0.5) is 24.5 Å². The van der Waals surface area contributed by atoms with E-state index in [4.69, 9.17) is 0 Å². The lowest BCUT2D eigenvalue weighted by Crippen LogP contribution is -2.39. The maximum Gasteiger partial charge on any atom is 0.416 e. The summed E-state index contributed by atoms with van der Waals surface area (Å²) < 4.78 is 40.5. The molecule has 12 heteroatoms. The largest absolute Gasteiger partial charge is 0.494 e. The predicted octanol–water partition coefficient (Wildman–Crippen LogP) is 3.57. The standard InChI is InChI=1S/C23H21F3N4O4S/c1-13-6-4-8-15(10-13)28-19(18-20(32)29(2)22(34)30(3)21(18)33)35-12-17(31)27-16-9-5-7-14(11-16)23(24,25)26/h4-11,32H,12H2,1-3H3,(H,27,31). The molecule has 0 bridgehead atoms. The van der Waals surface area contributed by atoms with E-state index in [9.17, 15) is 32.7 Å². The highest BCUT2D eigenvalue weighted by Gasteiger charge is 2.30. The summed E-state index contributed by atoms with van der Waals surface area (Å²) in [6, 6.07) is 11.1. The van der Waals surface area contributed by atoms with Crippen LogP contribution in [0.5, 0.6) is 5.88 Å². The van der Waals surface area contributed by atoms with Crippen LogP contribution in [-0.4, -0.2) is 30.9 Å². The third kappa shape index (κ3) is 6.01. The van der Waals surface area contributed by atoms with Crippen molar-refractivity contribution in [1.29, 1.82) is 0 Å². The van der Waals surface area contributed by atoms with Gasteiger partial charge in [0.25, 0.3) is 5.56 Å². The maximum absolute atomic E-state index is 12.9. The minimum Gasteiger partial charge on any atom is -0.494 e. The number of carbonyl (C=O) groups is 1. The summed E-state index contributed by atoms with van der Waals surface area (Å²) in [7, 11) is 2.51. The Balaban J connectivity index is 1.95. The molecular weight excluding hydrogens is 485 g/mol. The van der Waals surface area contributed by atoms with Crippen molar-refractivity contribution in [1.82, 2.24) is 9.13 Å². The summed E-state index contributed by atoms with van der Waals surface area (Å²) in [5.41, 5.74) is -1.52. The average Bonchev–Trinajstić information content (AvgIpc) is 2.79. The fourth-order valence-electron chi connectivity index (χ4n) is 3.10. The Morgan fingerprint density at radius 2 is 1.77 bits per heavy atom. The van der Waals surface area contributed by atoms with Gasteiger partial charge in [0.1, 0.15) is 10.6 Å². The van der Waals surface area contributed by atoms with Crippen molar-refractivity contribution >= 4 is 34.1 Å². The SMILES string of the molecule is Cc1cccc(N=C(SCC(=O)Nc2cccc(C(F)(F)F)c2)c2c(O)n(C)c(=O)n(C)c2=O)c1. The Morgan fingerprint density at radius 3 is 2.43 bits per heavy atom. The van der Waals surface area contributed by atoms with Crippen molar-refractivity contribution < 1.29 is 23.1 Å². The molecule has 0 radical (unpaired) electrons. The van der Waals surface area contributed by atoms with E-state index in [2.05, 4.69) is 10.3 Å². The van der Waals surface area contributed by atoms with Crippen LogP contribution >= 0.6 is 11.8 Å². The highest BCUT2D eigenvalue weighted by Crippen LogP contribution is 2.31. The van der Waals surface area contributed by atoms with E-state index >= 15 is 0 Å². The average molecular weight is 507 g/mol. The highest BCUT2D eigenvalue weighted by atomic mass is 32.2. The quantitative estimate of drug-likeness (QED) is 0.407. The number of rotatable bonds is 5. The molecule has 1 amide bonds. The van der Waals surface area contributed by atoms with Gasteiger partial charge < -0.3 is 10.4 Å². The first-order chi connectivity index (χ1) is 16.4. The number of hydrogen-bond acceptors (Lipinski definition) is 6. The van der Waals surface area contributed by atoms with E-state index in [0.29, 0.717) is 5.69 Å². The summed E-state index contributed by atoms with van der Waals surface area (Å²) in [6.07, 6.45) is -4.57. The summed E-state index contributed by atoms with van der Waals surface area (Å²) in [6.45, 7) is 1.83. The van der Waals surface area contributed by atoms with Gasteiger partial charge in [0.05, 0.1) is 17.0 Å². The van der Waals surface area contributed by atoms with Crippen molar-refractivity contribution in [2.24, 2.45) is 19.1 Å². The molecule has 0 aliphatic heterocycles. The van der Waals surface area contributed by atoms with Crippen LogP contribution in [0.1, 0.15) is 16.7 Å². The summed E-state index contributed by atoms with van der Waals surface area (Å²) in [5.74, 6) is -1.63. The van der Waals surface area contributed by atoms with E-state index < -0.39 is 34.8 Å². The molecule has 3 aromatic rings. The molecular formula is C23H21F3N4O4S. The number of nitrogens with one attached hydrogen (secondary N) is 1. The monoisotopic (exact) mass is 506 g/mol. The number of alkyl halides is 3. The number of nitrogens with zero attached hydrogens (tertiary/aromatic N) is 3. The van der Waals surface area contributed by atoms with Gasteiger partial charge in [0.15, 0.2) is 0 Å². The summed E-state index contributed by atoms with van der Waals surface area (Å²) in [5, 5.41) is 12.9. The second-order valence-corrected chi connectivity index (χ2v) is 8.54. The molecule has 3 rings (SSSR count). The molecule has 184 valence electrons. The Bertz CT molecular complexity index is 1430. The molecule has 0 saturated carbocycles. The lowest BCUT2D eigenvalue weighted by molar-refractivity contribution is -0.137. The van der Waals surface area contributed by atoms with Crippen LogP contribution in [0.2, 0.25) is 0 Å². The van der Waals surface area contributed by atoms with Crippen molar-refractivity contribution in [2.75, 3.05) is 11.1 Å². The predicted molar refractivity (Wildman–Crippen MR) is 128 cm³/mol. The van der Waals surface area contributed by atoms with Gasteiger partial charge in [-0.25, -0.2) is 9.79 Å². The summed E-state index contributed by atoms with van der Waals surface area (Å²) in [4.78, 5) is 41.9. The molecule has 2 N–H and O–H groups in total. The van der Waals surface area contributed by atoms with E-state index in [1.807, 2.05) is 13.0 Å². The van der Waals surface area contributed by atoms with Crippen molar-refractivity contribution in [3.8, 4) is 5.88 Å². The van der Waals surface area contributed by atoms with Crippen LogP contribution in [0, 0.1) is 6.92 Å². The van der Waals surface area contributed by atoms with E-state index in [1.54, 1.807) is 18.2 Å². The third-order valence-electron chi connectivity index (χ3n) is 4.89. The van der Waals surface area contributed by atoms with Crippen molar-refractivity contribution in [2.45, 2.75) is 13.1 Å². The lowest BCUT2D eigenvalue weighted by Gasteiger charge is -2.13. The van der Waals surface area contributed by atoms with Gasteiger partial charge in [-0.05, 0) is 42.8 Å². The van der Waals surface area contributed by atoms with Crippen LogP contribution in [0.3, 0.4) is 0 Å². The van der Waals surface area contributed by atoms with Gasteiger partial charge in [-0.15, -0.1) is 0 Å². The fraction of sp³-hybridized carbons (Fsp3) is 0.217. The molecule has 35 heavy (non-hydrogen) atoms. The van der Waals surface area contributed by atoms with Crippen molar-refractivity contribution in [3.05, 3.63) is 86.1 Å². The van der Waals surface area contributed by atoms with Crippen LogP contribution in [-0.2, 0) is 25.1 Å². The number of aromatic nitrogens is 2. The third-order valence-corrected chi connectivity index (χ3v) is 5.87. The molecule has 8 nitrogen and oxygen atoms in total. The van der Waals surface area contributed by atoms with E-state index in [-0.39, 0.29) is 22.0 Å². The van der Waals surface area contributed by atoms with Crippen molar-refractivity contribution in [3.63, 3.8) is 0 Å². The number of aliphatic imine (C=N–C) groups is 1. The number of benzene rings is 2. The fourth-order valence-corrected chi connectivity index (χ4v) is 3.93. The Kier molecular flexibility index (Phi) is 7.54. The van der Waals surface area contributed by atoms with Gasteiger partial charge in [0, 0.05) is 19.8 Å². The smallest absolute Gasteiger partial charge is 0.416 e. The number of amides is 1. The molecule has 0 fully saturated rings. The Labute approximate surface area is 201 Å². The van der Waals surface area contributed by atoms with Gasteiger partial charge in [-0.2, -0.15) is 13.2 Å². The van der Waals surface area contributed by atoms with Gasteiger partial charge in [-0.3, -0.25) is 18.7 Å². The number of hydrogen-bond donors (Lipinski definition) is 2. The molecule has 0 saturated heterocycles. The Morgan fingerprint density at radius 1 is 1.09 bits per heavy atom. The zero-order valence-electron chi connectivity index (χ0n) is 18.9. The minimum atomic E-state index is -4.57. The Hall–Kier alpha value is -3.80. The number of aromatic hydroxyl groups is 1. The first kappa shape index (κ1) is 25.8. The normalized spacial score (nSPS) is 12.0. The number of anilines is 1. The highest BCUT2D eigenvalue weighted by molar-refractivity contribution is 8.15. The zero-order chi connectivity index (χ0) is 25.9. The van der Waals surface area contributed by atoms with E-state index in [1.165, 1.54) is 26.2 Å².